The van der Waals surface area contributed by atoms with Crippen molar-refractivity contribution in [2.75, 3.05) is 5.32 Å². The number of aryl methyl sites for hydroxylation is 1. The Morgan fingerprint density at radius 1 is 0.966 bits per heavy atom. The van der Waals surface area contributed by atoms with E-state index in [1.165, 1.54) is 12.3 Å². The highest BCUT2D eigenvalue weighted by Crippen LogP contribution is 2.24. The molecule has 2 amide bonds. The molecule has 0 saturated carbocycles. The molecule has 1 aromatic heterocycles. The van der Waals surface area contributed by atoms with Crippen LogP contribution in [0.25, 0.3) is 0 Å². The highest BCUT2D eigenvalue weighted by molar-refractivity contribution is 6.05. The smallest absolute Gasteiger partial charge is 0.274 e. The summed E-state index contributed by atoms with van der Waals surface area (Å²) in [7, 11) is 0. The van der Waals surface area contributed by atoms with Crippen molar-refractivity contribution in [3.8, 4) is 0 Å². The first-order chi connectivity index (χ1) is 13.9. The summed E-state index contributed by atoms with van der Waals surface area (Å²) >= 11 is 0. The van der Waals surface area contributed by atoms with Gasteiger partial charge in [-0.3, -0.25) is 14.6 Å². The second-order valence-electron chi connectivity index (χ2n) is 7.30. The maximum atomic E-state index is 12.7. The van der Waals surface area contributed by atoms with Gasteiger partial charge in [0.2, 0.25) is 0 Å². The molecule has 148 valence electrons. The minimum Gasteiger partial charge on any atom is -0.348 e. The fourth-order valence-electron chi connectivity index (χ4n) is 3.10. The normalized spacial score (nSPS) is 10.6. The van der Waals surface area contributed by atoms with Gasteiger partial charge in [-0.05, 0) is 42.2 Å². The number of benzene rings is 2. The molecule has 0 atom stereocenters. The molecular formula is C24H25N3O2. The molecule has 0 unspecified atom stereocenters. The highest BCUT2D eigenvalue weighted by Gasteiger charge is 2.14. The summed E-state index contributed by atoms with van der Waals surface area (Å²) in [6, 6.07) is 18.8. The van der Waals surface area contributed by atoms with Crippen LogP contribution in [0.2, 0.25) is 0 Å². The molecule has 5 heteroatoms. The average Bonchev–Trinajstić information content (AvgIpc) is 2.72. The van der Waals surface area contributed by atoms with E-state index in [4.69, 9.17) is 0 Å². The summed E-state index contributed by atoms with van der Waals surface area (Å²) in [5, 5.41) is 5.79. The Balaban J connectivity index is 1.70. The molecule has 3 rings (SSSR count). The van der Waals surface area contributed by atoms with Gasteiger partial charge in [-0.2, -0.15) is 0 Å². The third kappa shape index (κ3) is 5.29. The predicted molar refractivity (Wildman–Crippen MR) is 115 cm³/mol. The quantitative estimate of drug-likeness (QED) is 0.644. The first kappa shape index (κ1) is 20.3. The Labute approximate surface area is 171 Å². The van der Waals surface area contributed by atoms with Crippen molar-refractivity contribution in [3.05, 3.63) is 94.8 Å². The van der Waals surface area contributed by atoms with Crippen molar-refractivity contribution in [1.29, 1.82) is 0 Å². The first-order valence-corrected chi connectivity index (χ1v) is 9.64. The van der Waals surface area contributed by atoms with Crippen LogP contribution in [0.3, 0.4) is 0 Å². The van der Waals surface area contributed by atoms with Crippen molar-refractivity contribution in [1.82, 2.24) is 10.3 Å². The van der Waals surface area contributed by atoms with Crippen LogP contribution in [0.15, 0.2) is 66.9 Å². The van der Waals surface area contributed by atoms with E-state index in [-0.39, 0.29) is 23.4 Å². The van der Waals surface area contributed by atoms with Gasteiger partial charge in [0.1, 0.15) is 5.69 Å². The zero-order valence-electron chi connectivity index (χ0n) is 16.9. The Hall–Kier alpha value is -3.47. The van der Waals surface area contributed by atoms with Crippen LogP contribution in [0.4, 0.5) is 5.69 Å². The molecule has 0 spiro atoms. The molecule has 0 fully saturated rings. The number of carbonyl (C=O) groups is 2. The maximum absolute atomic E-state index is 12.7. The van der Waals surface area contributed by atoms with Gasteiger partial charge in [0.15, 0.2) is 0 Å². The largest absolute Gasteiger partial charge is 0.348 e. The number of pyridine rings is 1. The Bertz CT molecular complexity index is 1030. The van der Waals surface area contributed by atoms with Gasteiger partial charge < -0.3 is 10.6 Å². The number of nitrogens with one attached hydrogen (secondary N) is 2. The zero-order valence-corrected chi connectivity index (χ0v) is 16.9. The van der Waals surface area contributed by atoms with E-state index in [0.29, 0.717) is 12.1 Å². The minimum atomic E-state index is -0.341. The number of hydrogen-bond donors (Lipinski definition) is 2. The fourth-order valence-corrected chi connectivity index (χ4v) is 3.10. The fraction of sp³-hybridized carbons (Fsp3) is 0.208. The molecule has 0 bridgehead atoms. The van der Waals surface area contributed by atoms with E-state index < -0.39 is 0 Å². The SMILES string of the molecule is Cc1cccc(CNC(=O)c2ccnc(C(=O)Nc3ccccc3C(C)C)c2)c1. The Morgan fingerprint density at radius 3 is 2.52 bits per heavy atom. The summed E-state index contributed by atoms with van der Waals surface area (Å²) in [5.74, 6) is -0.310. The highest BCUT2D eigenvalue weighted by atomic mass is 16.2. The lowest BCUT2D eigenvalue weighted by molar-refractivity contribution is 0.0950. The van der Waals surface area contributed by atoms with Crippen LogP contribution in [0, 0.1) is 6.92 Å². The standard InChI is InChI=1S/C24H25N3O2/c1-16(2)20-9-4-5-10-21(20)27-24(29)22-14-19(11-12-25-22)23(28)26-15-18-8-6-7-17(3)13-18/h4-14,16H,15H2,1-3H3,(H,26,28)(H,27,29). The van der Waals surface area contributed by atoms with E-state index in [2.05, 4.69) is 29.5 Å². The van der Waals surface area contributed by atoms with Gasteiger partial charge in [-0.25, -0.2) is 0 Å². The van der Waals surface area contributed by atoms with Gasteiger partial charge in [0.25, 0.3) is 11.8 Å². The van der Waals surface area contributed by atoms with Crippen LogP contribution >= 0.6 is 0 Å². The molecule has 0 aliphatic rings. The Kier molecular flexibility index (Phi) is 6.39. The van der Waals surface area contributed by atoms with Gasteiger partial charge >= 0.3 is 0 Å². The van der Waals surface area contributed by atoms with Crippen molar-refractivity contribution in [3.63, 3.8) is 0 Å². The van der Waals surface area contributed by atoms with E-state index in [0.717, 1.165) is 22.4 Å². The molecule has 29 heavy (non-hydrogen) atoms. The minimum absolute atomic E-state index is 0.201. The maximum Gasteiger partial charge on any atom is 0.274 e. The number of nitrogens with zero attached hydrogens (tertiary/aromatic N) is 1. The van der Waals surface area contributed by atoms with Gasteiger partial charge in [0, 0.05) is 24.0 Å². The van der Waals surface area contributed by atoms with Crippen molar-refractivity contribution in [2.24, 2.45) is 0 Å². The number of rotatable bonds is 6. The lowest BCUT2D eigenvalue weighted by atomic mass is 10.0. The number of amides is 2. The van der Waals surface area contributed by atoms with Crippen molar-refractivity contribution in [2.45, 2.75) is 33.2 Å². The van der Waals surface area contributed by atoms with Crippen LogP contribution in [0.1, 0.15) is 57.3 Å². The first-order valence-electron chi connectivity index (χ1n) is 9.64. The van der Waals surface area contributed by atoms with Crippen LogP contribution < -0.4 is 10.6 Å². The van der Waals surface area contributed by atoms with E-state index in [9.17, 15) is 9.59 Å². The monoisotopic (exact) mass is 387 g/mol. The molecule has 0 radical (unpaired) electrons. The van der Waals surface area contributed by atoms with Crippen LogP contribution in [-0.2, 0) is 6.54 Å². The molecule has 2 N–H and O–H groups in total. The van der Waals surface area contributed by atoms with Gasteiger partial charge in [0.05, 0.1) is 0 Å². The summed E-state index contributed by atoms with van der Waals surface area (Å²) in [5.41, 5.74) is 4.56. The number of anilines is 1. The third-order valence-corrected chi connectivity index (χ3v) is 4.62. The van der Waals surface area contributed by atoms with Crippen molar-refractivity contribution < 1.29 is 9.59 Å². The summed E-state index contributed by atoms with van der Waals surface area (Å²) in [6.07, 6.45) is 1.48. The predicted octanol–water partition coefficient (Wildman–Crippen LogP) is 4.70. The second-order valence-corrected chi connectivity index (χ2v) is 7.30. The van der Waals surface area contributed by atoms with E-state index >= 15 is 0 Å². The Morgan fingerprint density at radius 2 is 1.76 bits per heavy atom. The summed E-state index contributed by atoms with van der Waals surface area (Å²) in [6.45, 7) is 6.58. The topological polar surface area (TPSA) is 71.1 Å². The number of carbonyl (C=O) groups excluding carboxylic acids is 2. The summed E-state index contributed by atoms with van der Waals surface area (Å²) < 4.78 is 0. The van der Waals surface area contributed by atoms with Crippen molar-refractivity contribution >= 4 is 17.5 Å². The lowest BCUT2D eigenvalue weighted by Crippen LogP contribution is -2.24. The zero-order chi connectivity index (χ0) is 20.8. The molecule has 3 aromatic rings. The molecule has 2 aromatic carbocycles. The lowest BCUT2D eigenvalue weighted by Gasteiger charge is -2.13. The third-order valence-electron chi connectivity index (χ3n) is 4.62. The van der Waals surface area contributed by atoms with Crippen LogP contribution in [0.5, 0.6) is 0 Å². The molecule has 0 aliphatic carbocycles. The van der Waals surface area contributed by atoms with Gasteiger partial charge in [-0.15, -0.1) is 0 Å². The number of para-hydroxylation sites is 1. The molecular weight excluding hydrogens is 362 g/mol. The van der Waals surface area contributed by atoms with Gasteiger partial charge in [-0.1, -0.05) is 61.9 Å². The summed E-state index contributed by atoms with van der Waals surface area (Å²) in [4.78, 5) is 29.3. The number of hydrogen-bond acceptors (Lipinski definition) is 3. The molecule has 1 heterocycles. The molecule has 0 saturated heterocycles. The second kappa shape index (κ2) is 9.15. The number of aromatic nitrogens is 1. The van der Waals surface area contributed by atoms with Crippen LogP contribution in [-0.4, -0.2) is 16.8 Å². The molecule has 5 nitrogen and oxygen atoms in total. The van der Waals surface area contributed by atoms with E-state index in [1.54, 1.807) is 6.07 Å². The van der Waals surface area contributed by atoms with E-state index in [1.807, 2.05) is 55.5 Å². The average molecular weight is 387 g/mol. The molecule has 0 aliphatic heterocycles.